The first-order chi connectivity index (χ1) is 10.0. The van der Waals surface area contributed by atoms with E-state index < -0.39 is 10.8 Å². The first kappa shape index (κ1) is 14.9. The number of amides is 1. The van der Waals surface area contributed by atoms with E-state index in [9.17, 15) is 14.9 Å². The molecular weight excluding hydrogens is 340 g/mol. The summed E-state index contributed by atoms with van der Waals surface area (Å²) in [7, 11) is 1.75. The van der Waals surface area contributed by atoms with Gasteiger partial charge < -0.3 is 10.6 Å². The van der Waals surface area contributed by atoms with Crippen LogP contribution in [-0.4, -0.2) is 22.9 Å². The van der Waals surface area contributed by atoms with Crippen molar-refractivity contribution in [3.8, 4) is 0 Å². The van der Waals surface area contributed by atoms with Gasteiger partial charge in [-0.15, -0.1) is 0 Å². The molecule has 8 heteroatoms. The quantitative estimate of drug-likeness (QED) is 0.652. The van der Waals surface area contributed by atoms with Crippen molar-refractivity contribution in [1.29, 1.82) is 0 Å². The second-order valence-corrected chi connectivity index (χ2v) is 4.91. The Kier molecular flexibility index (Phi) is 4.49. The highest BCUT2D eigenvalue weighted by atomic mass is 79.9. The van der Waals surface area contributed by atoms with Crippen LogP contribution in [0.2, 0.25) is 0 Å². The molecule has 0 atom stereocenters. The van der Waals surface area contributed by atoms with Crippen molar-refractivity contribution < 1.29 is 9.72 Å². The lowest BCUT2D eigenvalue weighted by molar-refractivity contribution is -0.385. The van der Waals surface area contributed by atoms with E-state index in [0.29, 0.717) is 10.2 Å². The number of nitrogens with one attached hydrogen (secondary N) is 2. The summed E-state index contributed by atoms with van der Waals surface area (Å²) in [5.41, 5.74) is 1.21. The van der Waals surface area contributed by atoms with E-state index in [1.54, 1.807) is 25.2 Å². The molecule has 0 aliphatic rings. The first-order valence-corrected chi connectivity index (χ1v) is 6.69. The number of rotatable bonds is 4. The van der Waals surface area contributed by atoms with Crippen LogP contribution >= 0.6 is 15.9 Å². The fourth-order valence-electron chi connectivity index (χ4n) is 1.60. The van der Waals surface area contributed by atoms with Crippen LogP contribution in [0.5, 0.6) is 0 Å². The smallest absolute Gasteiger partial charge is 0.285 e. The molecule has 21 heavy (non-hydrogen) atoms. The second-order valence-electron chi connectivity index (χ2n) is 4.06. The Bertz CT molecular complexity index is 688. The van der Waals surface area contributed by atoms with E-state index in [4.69, 9.17) is 0 Å². The molecular formula is C13H11BrN4O3. The van der Waals surface area contributed by atoms with Crippen molar-refractivity contribution in [3.63, 3.8) is 0 Å². The van der Waals surface area contributed by atoms with Gasteiger partial charge in [0.15, 0.2) is 0 Å². The molecule has 0 spiro atoms. The number of aromatic nitrogens is 1. The summed E-state index contributed by atoms with van der Waals surface area (Å²) >= 11 is 3.08. The third kappa shape index (κ3) is 3.54. The number of pyridine rings is 1. The zero-order chi connectivity index (χ0) is 15.4. The molecule has 0 saturated carbocycles. The zero-order valence-corrected chi connectivity index (χ0v) is 12.5. The minimum Gasteiger partial charge on any atom is -0.387 e. The van der Waals surface area contributed by atoms with Crippen molar-refractivity contribution >= 4 is 38.9 Å². The number of nitrogens with zero attached hydrogens (tertiary/aromatic N) is 2. The maximum atomic E-state index is 12.0. The molecule has 7 nitrogen and oxygen atoms in total. The number of benzene rings is 1. The molecule has 2 N–H and O–H groups in total. The van der Waals surface area contributed by atoms with Gasteiger partial charge in [-0.2, -0.15) is 0 Å². The minimum absolute atomic E-state index is 0.119. The number of carbonyl (C=O) groups is 1. The second kappa shape index (κ2) is 6.31. The SMILES string of the molecule is CNc1ccc(C(=O)Nc2ccc(Br)c([N+](=O)[O-])c2)nc1. The van der Waals surface area contributed by atoms with Crippen LogP contribution in [0.1, 0.15) is 10.5 Å². The molecule has 1 amide bonds. The van der Waals surface area contributed by atoms with E-state index >= 15 is 0 Å². The molecule has 0 aliphatic heterocycles. The van der Waals surface area contributed by atoms with Crippen LogP contribution in [-0.2, 0) is 0 Å². The highest BCUT2D eigenvalue weighted by molar-refractivity contribution is 9.10. The van der Waals surface area contributed by atoms with Crippen LogP contribution in [0.15, 0.2) is 41.0 Å². The summed E-state index contributed by atoms with van der Waals surface area (Å²) in [6.45, 7) is 0. The summed E-state index contributed by atoms with van der Waals surface area (Å²) < 4.78 is 0.349. The Morgan fingerprint density at radius 2 is 2.00 bits per heavy atom. The van der Waals surface area contributed by atoms with Crippen molar-refractivity contribution in [2.24, 2.45) is 0 Å². The average molecular weight is 351 g/mol. The summed E-state index contributed by atoms with van der Waals surface area (Å²) in [4.78, 5) is 26.3. The lowest BCUT2D eigenvalue weighted by Gasteiger charge is -2.06. The predicted octanol–water partition coefficient (Wildman–Crippen LogP) is 3.05. The van der Waals surface area contributed by atoms with Gasteiger partial charge in [0.2, 0.25) is 0 Å². The first-order valence-electron chi connectivity index (χ1n) is 5.90. The van der Waals surface area contributed by atoms with Gasteiger partial charge in [0.1, 0.15) is 5.69 Å². The zero-order valence-electron chi connectivity index (χ0n) is 11.0. The summed E-state index contributed by atoms with van der Waals surface area (Å²) in [5, 5.41) is 16.3. The minimum atomic E-state index is -0.528. The maximum absolute atomic E-state index is 12.0. The number of nitro benzene ring substituents is 1. The van der Waals surface area contributed by atoms with Crippen molar-refractivity contribution in [1.82, 2.24) is 4.98 Å². The van der Waals surface area contributed by atoms with Gasteiger partial charge in [-0.1, -0.05) is 0 Å². The van der Waals surface area contributed by atoms with Gasteiger partial charge in [0.25, 0.3) is 11.6 Å². The number of halogens is 1. The standard InChI is InChI=1S/C13H11BrN4O3/c1-15-9-3-5-11(16-7-9)13(19)17-8-2-4-10(14)12(6-8)18(20)21/h2-7,15H,1H3,(H,17,19). The van der Waals surface area contributed by atoms with Crippen LogP contribution < -0.4 is 10.6 Å². The van der Waals surface area contributed by atoms with E-state index in [0.717, 1.165) is 5.69 Å². The molecule has 0 radical (unpaired) electrons. The number of hydrogen-bond donors (Lipinski definition) is 2. The van der Waals surface area contributed by atoms with Gasteiger partial charge in [-0.25, -0.2) is 4.98 Å². The third-order valence-corrected chi connectivity index (χ3v) is 3.36. The number of nitro groups is 1. The Labute approximate surface area is 128 Å². The number of carbonyl (C=O) groups excluding carboxylic acids is 1. The molecule has 1 aromatic heterocycles. The van der Waals surface area contributed by atoms with Gasteiger partial charge >= 0.3 is 0 Å². The van der Waals surface area contributed by atoms with E-state index in [1.165, 1.54) is 18.3 Å². The number of anilines is 2. The largest absolute Gasteiger partial charge is 0.387 e. The molecule has 0 bridgehead atoms. The molecule has 0 aliphatic carbocycles. The molecule has 108 valence electrons. The van der Waals surface area contributed by atoms with Crippen molar-refractivity contribution in [3.05, 3.63) is 56.8 Å². The molecule has 0 fully saturated rings. The molecule has 0 unspecified atom stereocenters. The summed E-state index contributed by atoms with van der Waals surface area (Å²) in [6, 6.07) is 7.63. The fraction of sp³-hybridized carbons (Fsp3) is 0.0769. The normalized spacial score (nSPS) is 10.0. The Hall–Kier alpha value is -2.48. The molecule has 2 rings (SSSR count). The highest BCUT2D eigenvalue weighted by Crippen LogP contribution is 2.27. The molecule has 2 aromatic rings. The van der Waals surface area contributed by atoms with Gasteiger partial charge in [0, 0.05) is 18.8 Å². The van der Waals surface area contributed by atoms with Gasteiger partial charge in [-0.05, 0) is 40.2 Å². The van der Waals surface area contributed by atoms with E-state index in [2.05, 4.69) is 31.5 Å². The van der Waals surface area contributed by atoms with Gasteiger partial charge in [-0.3, -0.25) is 14.9 Å². The fourth-order valence-corrected chi connectivity index (χ4v) is 1.99. The van der Waals surface area contributed by atoms with E-state index in [-0.39, 0.29) is 11.4 Å². The van der Waals surface area contributed by atoms with E-state index in [1.807, 2.05) is 0 Å². The van der Waals surface area contributed by atoms with Crippen molar-refractivity contribution in [2.75, 3.05) is 17.7 Å². The molecule has 0 saturated heterocycles. The van der Waals surface area contributed by atoms with Crippen LogP contribution in [0.25, 0.3) is 0 Å². The van der Waals surface area contributed by atoms with Gasteiger partial charge in [0.05, 0.1) is 21.3 Å². The molecule has 1 aromatic carbocycles. The Morgan fingerprint density at radius 3 is 2.57 bits per heavy atom. The summed E-state index contributed by atoms with van der Waals surface area (Å²) in [6.07, 6.45) is 1.53. The number of hydrogen-bond acceptors (Lipinski definition) is 5. The maximum Gasteiger partial charge on any atom is 0.285 e. The van der Waals surface area contributed by atoms with Crippen LogP contribution in [0.4, 0.5) is 17.1 Å². The van der Waals surface area contributed by atoms with Crippen molar-refractivity contribution in [2.45, 2.75) is 0 Å². The predicted molar refractivity (Wildman–Crippen MR) is 82.5 cm³/mol. The Balaban J connectivity index is 2.19. The summed E-state index contributed by atoms with van der Waals surface area (Å²) in [5.74, 6) is -0.436. The monoisotopic (exact) mass is 350 g/mol. The lowest BCUT2D eigenvalue weighted by Crippen LogP contribution is -2.13. The highest BCUT2D eigenvalue weighted by Gasteiger charge is 2.14. The average Bonchev–Trinajstić information content (AvgIpc) is 2.49. The topological polar surface area (TPSA) is 97.2 Å². The molecule has 1 heterocycles. The lowest BCUT2D eigenvalue weighted by atomic mass is 10.2. The Morgan fingerprint density at radius 1 is 1.29 bits per heavy atom. The van der Waals surface area contributed by atoms with Crippen LogP contribution in [0, 0.1) is 10.1 Å². The third-order valence-electron chi connectivity index (χ3n) is 2.69. The van der Waals surface area contributed by atoms with Crippen LogP contribution in [0.3, 0.4) is 0 Å².